The predicted octanol–water partition coefficient (Wildman–Crippen LogP) is 2.55. The van der Waals surface area contributed by atoms with Gasteiger partial charge in [0.25, 0.3) is 0 Å². The Morgan fingerprint density at radius 3 is 2.19 bits per heavy atom. The fraction of sp³-hybridized carbons (Fsp3) is 0.700. The standard InChI is InChI=1S/C14H22ClNO2.C6H8N2O6/c1-10-5-6-12(15)13(7-10)18-9-11(17)8-16-14(2,3)4;9-7(10)5-1-3-4(14-5)2-6(13-3)8(11)12/h5-7,11,16-17H,8-9H2,1-4H3;3-6H,1-2H2/t;3?,4?,5-,6+. The molecule has 0 spiro atoms. The highest BCUT2D eigenvalue weighted by Gasteiger charge is 2.52. The minimum atomic E-state index is -1.07. The molecule has 2 heterocycles. The predicted molar refractivity (Wildman–Crippen MR) is 116 cm³/mol. The summed E-state index contributed by atoms with van der Waals surface area (Å²) in [5, 5.41) is 34.3. The average Bonchev–Trinajstić information content (AvgIpc) is 3.26. The van der Waals surface area contributed by atoms with Gasteiger partial charge < -0.3 is 24.6 Å². The monoisotopic (exact) mass is 475 g/mol. The summed E-state index contributed by atoms with van der Waals surface area (Å²) in [4.78, 5) is 19.6. The van der Waals surface area contributed by atoms with E-state index in [1.165, 1.54) is 0 Å². The smallest absolute Gasteiger partial charge is 0.318 e. The topological polar surface area (TPSA) is 146 Å². The lowest BCUT2D eigenvalue weighted by Crippen LogP contribution is -2.42. The molecule has 1 aromatic rings. The largest absolute Gasteiger partial charge is 0.489 e. The van der Waals surface area contributed by atoms with Crippen LogP contribution in [0.3, 0.4) is 0 Å². The van der Waals surface area contributed by atoms with Crippen LogP contribution in [0.1, 0.15) is 39.2 Å². The normalized spacial score (nSPS) is 25.4. The van der Waals surface area contributed by atoms with Crippen molar-refractivity contribution < 1.29 is 29.2 Å². The molecule has 3 unspecified atom stereocenters. The summed E-state index contributed by atoms with van der Waals surface area (Å²) in [6.07, 6.45) is -3.50. The van der Waals surface area contributed by atoms with Crippen LogP contribution in [0.15, 0.2) is 18.2 Å². The summed E-state index contributed by atoms with van der Waals surface area (Å²) < 4.78 is 15.5. The molecule has 2 aliphatic rings. The van der Waals surface area contributed by atoms with Crippen molar-refractivity contribution in [2.45, 2.75) is 76.8 Å². The number of fused-ring (bicyclic) bond motifs is 1. The van der Waals surface area contributed by atoms with Crippen molar-refractivity contribution in [2.75, 3.05) is 13.2 Å². The lowest BCUT2D eigenvalue weighted by molar-refractivity contribution is -0.585. The molecule has 0 saturated carbocycles. The Kier molecular flexibility index (Phi) is 9.17. The number of ether oxygens (including phenoxy) is 3. The van der Waals surface area contributed by atoms with Gasteiger partial charge in [0.1, 0.15) is 30.7 Å². The molecule has 2 aliphatic heterocycles. The number of hydrogen-bond acceptors (Lipinski definition) is 9. The lowest BCUT2D eigenvalue weighted by atomic mass is 10.1. The molecule has 0 radical (unpaired) electrons. The Morgan fingerprint density at radius 1 is 1.19 bits per heavy atom. The Labute approximate surface area is 191 Å². The fourth-order valence-electron chi connectivity index (χ4n) is 3.16. The number of aryl methyl sites for hydroxylation is 1. The van der Waals surface area contributed by atoms with Crippen LogP contribution < -0.4 is 10.1 Å². The lowest BCUT2D eigenvalue weighted by Gasteiger charge is -2.23. The molecule has 0 aromatic heterocycles. The third kappa shape index (κ3) is 8.14. The van der Waals surface area contributed by atoms with Crippen molar-refractivity contribution in [3.05, 3.63) is 49.0 Å². The highest BCUT2D eigenvalue weighted by Crippen LogP contribution is 2.34. The number of β-amino-alcohol motifs (C(OH)–C–C–N with tert-alkyl or cyclic N) is 1. The summed E-state index contributed by atoms with van der Waals surface area (Å²) in [6, 6.07) is 5.59. The van der Waals surface area contributed by atoms with Gasteiger partial charge in [-0.3, -0.25) is 20.2 Å². The first-order valence-corrected chi connectivity index (χ1v) is 10.6. The van der Waals surface area contributed by atoms with E-state index in [1.807, 2.05) is 19.1 Å². The maximum Gasteiger partial charge on any atom is 0.318 e. The Balaban J connectivity index is 0.000000233. The number of hydrogen-bond donors (Lipinski definition) is 2. The Morgan fingerprint density at radius 2 is 1.72 bits per heavy atom. The first-order valence-electron chi connectivity index (χ1n) is 10.3. The maximum absolute atomic E-state index is 10.3. The first kappa shape index (κ1) is 26.2. The number of aliphatic hydroxyl groups excluding tert-OH is 1. The minimum Gasteiger partial charge on any atom is -0.489 e. The van der Waals surface area contributed by atoms with E-state index in [0.717, 1.165) is 5.56 Å². The quantitative estimate of drug-likeness (QED) is 0.448. The SMILES string of the molecule is Cc1ccc(Cl)c(OCC(O)CNC(C)(C)C)c1.O=[N+]([O-])[C@@H]1CC2O[C@@H]([N+](=O)[O-])CC2O1. The summed E-state index contributed by atoms with van der Waals surface area (Å²) in [6.45, 7) is 8.86. The van der Waals surface area contributed by atoms with Gasteiger partial charge in [-0.2, -0.15) is 0 Å². The van der Waals surface area contributed by atoms with Crippen molar-refractivity contribution in [2.24, 2.45) is 0 Å². The highest BCUT2D eigenvalue weighted by atomic mass is 35.5. The van der Waals surface area contributed by atoms with Crippen LogP contribution in [0.25, 0.3) is 0 Å². The number of rotatable bonds is 7. The zero-order valence-electron chi connectivity index (χ0n) is 18.5. The van der Waals surface area contributed by atoms with Gasteiger partial charge in [0.15, 0.2) is 0 Å². The van der Waals surface area contributed by atoms with E-state index >= 15 is 0 Å². The second-order valence-corrected chi connectivity index (χ2v) is 9.24. The zero-order chi connectivity index (χ0) is 24.1. The van der Waals surface area contributed by atoms with Gasteiger partial charge in [0.2, 0.25) is 0 Å². The molecule has 180 valence electrons. The Hall–Kier alpha value is -2.05. The molecule has 2 fully saturated rings. The molecule has 2 saturated heterocycles. The van der Waals surface area contributed by atoms with Crippen molar-refractivity contribution in [3.8, 4) is 5.75 Å². The van der Waals surface area contributed by atoms with Crippen LogP contribution in [0.2, 0.25) is 5.02 Å². The van der Waals surface area contributed by atoms with Crippen molar-refractivity contribution in [3.63, 3.8) is 0 Å². The van der Waals surface area contributed by atoms with Crippen molar-refractivity contribution >= 4 is 11.6 Å². The van der Waals surface area contributed by atoms with Crippen molar-refractivity contribution in [1.82, 2.24) is 5.32 Å². The molecule has 0 amide bonds. The maximum atomic E-state index is 10.3. The number of nitrogens with one attached hydrogen (secondary N) is 1. The molecule has 3 rings (SSSR count). The van der Waals surface area contributed by atoms with E-state index in [0.29, 0.717) is 17.3 Å². The minimum absolute atomic E-state index is 0.0119. The van der Waals surface area contributed by atoms with Crippen molar-refractivity contribution in [1.29, 1.82) is 0 Å². The molecular formula is C20H30ClN3O8. The van der Waals surface area contributed by atoms with Crippen LogP contribution >= 0.6 is 11.6 Å². The fourth-order valence-corrected chi connectivity index (χ4v) is 3.34. The molecule has 32 heavy (non-hydrogen) atoms. The summed E-state index contributed by atoms with van der Waals surface area (Å²) in [7, 11) is 0. The summed E-state index contributed by atoms with van der Waals surface area (Å²) >= 11 is 6.01. The third-order valence-corrected chi connectivity index (χ3v) is 5.11. The molecule has 12 heteroatoms. The second kappa shape index (κ2) is 11.2. The number of halogens is 1. The van der Waals surface area contributed by atoms with E-state index in [4.69, 9.17) is 25.8 Å². The summed E-state index contributed by atoms with van der Waals surface area (Å²) in [5.74, 6) is 0.617. The van der Waals surface area contributed by atoms with E-state index < -0.39 is 40.6 Å². The molecule has 1 aromatic carbocycles. The number of benzene rings is 1. The molecule has 0 aliphatic carbocycles. The van der Waals surface area contributed by atoms with Crippen LogP contribution in [-0.2, 0) is 9.47 Å². The third-order valence-electron chi connectivity index (χ3n) is 4.80. The van der Waals surface area contributed by atoms with Crippen LogP contribution in [0.5, 0.6) is 5.75 Å². The molecule has 0 bridgehead atoms. The molecule has 5 atom stereocenters. The van der Waals surface area contributed by atoms with Crippen LogP contribution in [0, 0.1) is 27.2 Å². The van der Waals surface area contributed by atoms with E-state index in [9.17, 15) is 25.3 Å². The number of aliphatic hydroxyl groups is 1. The van der Waals surface area contributed by atoms with Gasteiger partial charge in [0.05, 0.1) is 27.7 Å². The van der Waals surface area contributed by atoms with E-state index in [2.05, 4.69) is 26.1 Å². The van der Waals surface area contributed by atoms with Gasteiger partial charge in [-0.05, 0) is 45.4 Å². The van der Waals surface area contributed by atoms with Gasteiger partial charge in [-0.1, -0.05) is 17.7 Å². The average molecular weight is 476 g/mol. The molecule has 2 N–H and O–H groups in total. The molecular weight excluding hydrogens is 446 g/mol. The van der Waals surface area contributed by atoms with Crippen LogP contribution in [-0.4, -0.2) is 64.4 Å². The van der Waals surface area contributed by atoms with E-state index in [-0.39, 0.29) is 25.0 Å². The second-order valence-electron chi connectivity index (χ2n) is 8.83. The summed E-state index contributed by atoms with van der Waals surface area (Å²) in [5.41, 5.74) is 1.07. The first-order chi connectivity index (χ1) is 14.9. The zero-order valence-corrected chi connectivity index (χ0v) is 19.3. The highest BCUT2D eigenvalue weighted by molar-refractivity contribution is 6.32. The number of nitrogens with zero attached hydrogens (tertiary/aromatic N) is 2. The van der Waals surface area contributed by atoms with Gasteiger partial charge in [-0.15, -0.1) is 0 Å². The van der Waals surface area contributed by atoms with Crippen LogP contribution in [0.4, 0.5) is 0 Å². The van der Waals surface area contributed by atoms with E-state index in [1.54, 1.807) is 6.07 Å². The van der Waals surface area contributed by atoms with Gasteiger partial charge in [-0.25, -0.2) is 0 Å². The molecule has 11 nitrogen and oxygen atoms in total. The Bertz CT molecular complexity index is 764. The van der Waals surface area contributed by atoms with Gasteiger partial charge in [0, 0.05) is 12.1 Å². The number of nitro groups is 2. The van der Waals surface area contributed by atoms with Gasteiger partial charge >= 0.3 is 12.5 Å².